The first-order valence-electron chi connectivity index (χ1n) is 3.83. The third-order valence-electron chi connectivity index (χ3n) is 1.53. The van der Waals surface area contributed by atoms with Crippen LogP contribution in [-0.2, 0) is 0 Å². The number of rotatable bonds is 5. The highest BCUT2D eigenvalue weighted by atomic mass is 14.9. The lowest BCUT2D eigenvalue weighted by Gasteiger charge is -2.09. The SMILES string of the molecule is [CH2]CCCNC(C)CC. The molecule has 1 radical (unpaired) electrons. The van der Waals surface area contributed by atoms with Crippen molar-refractivity contribution in [2.24, 2.45) is 0 Å². The van der Waals surface area contributed by atoms with E-state index in [1.807, 2.05) is 0 Å². The summed E-state index contributed by atoms with van der Waals surface area (Å²) in [6, 6.07) is 0.677. The van der Waals surface area contributed by atoms with E-state index >= 15 is 0 Å². The minimum absolute atomic E-state index is 0.677. The highest BCUT2D eigenvalue weighted by Crippen LogP contribution is 1.89. The maximum atomic E-state index is 3.77. The second-order valence-corrected chi connectivity index (χ2v) is 2.47. The summed E-state index contributed by atoms with van der Waals surface area (Å²) in [7, 11) is 0. The van der Waals surface area contributed by atoms with Crippen molar-refractivity contribution in [3.63, 3.8) is 0 Å². The summed E-state index contributed by atoms with van der Waals surface area (Å²) in [5.41, 5.74) is 0. The topological polar surface area (TPSA) is 12.0 Å². The Balaban J connectivity index is 2.88. The molecule has 55 valence electrons. The first-order valence-corrected chi connectivity index (χ1v) is 3.83. The predicted octanol–water partition coefficient (Wildman–Crippen LogP) is 1.99. The Hall–Kier alpha value is -0.0400. The first kappa shape index (κ1) is 8.96. The molecule has 0 saturated heterocycles. The second kappa shape index (κ2) is 6.09. The summed E-state index contributed by atoms with van der Waals surface area (Å²) in [5, 5.41) is 3.39. The van der Waals surface area contributed by atoms with Gasteiger partial charge in [-0.25, -0.2) is 0 Å². The van der Waals surface area contributed by atoms with Crippen LogP contribution in [0.1, 0.15) is 33.1 Å². The Morgan fingerprint density at radius 1 is 1.56 bits per heavy atom. The Kier molecular flexibility index (Phi) is 6.06. The summed E-state index contributed by atoms with van der Waals surface area (Å²) in [6.07, 6.45) is 3.46. The van der Waals surface area contributed by atoms with E-state index in [1.54, 1.807) is 0 Å². The molecule has 0 rings (SSSR count). The Labute approximate surface area is 58.8 Å². The van der Waals surface area contributed by atoms with Gasteiger partial charge >= 0.3 is 0 Å². The van der Waals surface area contributed by atoms with Crippen LogP contribution in [0.5, 0.6) is 0 Å². The van der Waals surface area contributed by atoms with Gasteiger partial charge in [0, 0.05) is 6.04 Å². The molecule has 0 amide bonds. The van der Waals surface area contributed by atoms with Gasteiger partial charge < -0.3 is 5.32 Å². The third-order valence-corrected chi connectivity index (χ3v) is 1.53. The van der Waals surface area contributed by atoms with Gasteiger partial charge in [0.15, 0.2) is 0 Å². The molecule has 0 aliphatic heterocycles. The minimum Gasteiger partial charge on any atom is -0.314 e. The van der Waals surface area contributed by atoms with E-state index in [1.165, 1.54) is 12.8 Å². The van der Waals surface area contributed by atoms with Gasteiger partial charge in [0.2, 0.25) is 0 Å². The normalized spacial score (nSPS) is 13.7. The maximum Gasteiger partial charge on any atom is 0.00360 e. The fraction of sp³-hybridized carbons (Fsp3) is 0.875. The molecule has 0 aromatic carbocycles. The van der Waals surface area contributed by atoms with Crippen LogP contribution < -0.4 is 5.32 Å². The molecule has 0 aliphatic carbocycles. The number of hydrogen-bond acceptors (Lipinski definition) is 1. The average molecular weight is 128 g/mol. The van der Waals surface area contributed by atoms with Crippen LogP contribution in [-0.4, -0.2) is 12.6 Å². The molecule has 1 N–H and O–H groups in total. The predicted molar refractivity (Wildman–Crippen MR) is 42.3 cm³/mol. The Morgan fingerprint density at radius 3 is 2.67 bits per heavy atom. The van der Waals surface area contributed by atoms with Crippen molar-refractivity contribution in [3.8, 4) is 0 Å². The van der Waals surface area contributed by atoms with Gasteiger partial charge in [0.05, 0.1) is 0 Å². The zero-order valence-corrected chi connectivity index (χ0v) is 6.61. The van der Waals surface area contributed by atoms with Crippen molar-refractivity contribution in [1.29, 1.82) is 0 Å². The van der Waals surface area contributed by atoms with Crippen molar-refractivity contribution >= 4 is 0 Å². The van der Waals surface area contributed by atoms with Gasteiger partial charge in [-0.05, 0) is 26.3 Å². The van der Waals surface area contributed by atoms with Crippen LogP contribution in [0.15, 0.2) is 0 Å². The van der Waals surface area contributed by atoms with Crippen LogP contribution in [0.3, 0.4) is 0 Å². The van der Waals surface area contributed by atoms with Gasteiger partial charge in [-0.3, -0.25) is 0 Å². The van der Waals surface area contributed by atoms with Crippen LogP contribution in [0.2, 0.25) is 0 Å². The third kappa shape index (κ3) is 5.84. The average Bonchev–Trinajstić information content (AvgIpc) is 1.89. The molecule has 0 heterocycles. The summed E-state index contributed by atoms with van der Waals surface area (Å²) in [5.74, 6) is 0. The van der Waals surface area contributed by atoms with E-state index in [-0.39, 0.29) is 0 Å². The minimum atomic E-state index is 0.677. The second-order valence-electron chi connectivity index (χ2n) is 2.47. The molecule has 0 aliphatic rings. The Bertz CT molecular complexity index is 52.5. The highest BCUT2D eigenvalue weighted by molar-refractivity contribution is 4.56. The lowest BCUT2D eigenvalue weighted by molar-refractivity contribution is 0.526. The zero-order chi connectivity index (χ0) is 7.11. The summed E-state index contributed by atoms with van der Waals surface area (Å²) in [6.45, 7) is 9.30. The monoisotopic (exact) mass is 128 g/mol. The van der Waals surface area contributed by atoms with Crippen molar-refractivity contribution in [1.82, 2.24) is 5.32 Å². The smallest absolute Gasteiger partial charge is 0.00360 e. The van der Waals surface area contributed by atoms with E-state index in [2.05, 4.69) is 26.1 Å². The van der Waals surface area contributed by atoms with Crippen molar-refractivity contribution < 1.29 is 0 Å². The highest BCUT2D eigenvalue weighted by Gasteiger charge is 1.93. The van der Waals surface area contributed by atoms with Crippen LogP contribution >= 0.6 is 0 Å². The molecule has 1 nitrogen and oxygen atoms in total. The summed E-state index contributed by atoms with van der Waals surface area (Å²) < 4.78 is 0. The van der Waals surface area contributed by atoms with E-state index in [0.717, 1.165) is 13.0 Å². The van der Waals surface area contributed by atoms with Gasteiger partial charge in [-0.2, -0.15) is 0 Å². The molecule has 1 unspecified atom stereocenters. The van der Waals surface area contributed by atoms with Crippen LogP contribution in [0.4, 0.5) is 0 Å². The fourth-order valence-corrected chi connectivity index (χ4v) is 0.618. The van der Waals surface area contributed by atoms with Crippen molar-refractivity contribution in [3.05, 3.63) is 6.92 Å². The van der Waals surface area contributed by atoms with Gasteiger partial charge in [0.1, 0.15) is 0 Å². The zero-order valence-electron chi connectivity index (χ0n) is 6.61. The molecule has 0 saturated carbocycles. The molecule has 9 heavy (non-hydrogen) atoms. The van der Waals surface area contributed by atoms with Gasteiger partial charge in [-0.15, -0.1) is 0 Å². The van der Waals surface area contributed by atoms with Crippen LogP contribution in [0.25, 0.3) is 0 Å². The van der Waals surface area contributed by atoms with E-state index in [4.69, 9.17) is 0 Å². The first-order chi connectivity index (χ1) is 4.31. The molecule has 0 aromatic heterocycles. The molecule has 0 spiro atoms. The molecule has 1 heteroatoms. The molecule has 0 bridgehead atoms. The van der Waals surface area contributed by atoms with Crippen LogP contribution in [0, 0.1) is 6.92 Å². The number of hydrogen-bond donors (Lipinski definition) is 1. The fourth-order valence-electron chi connectivity index (χ4n) is 0.618. The molecule has 0 fully saturated rings. The molecular formula is C8H18N. The quantitative estimate of drug-likeness (QED) is 0.558. The summed E-state index contributed by atoms with van der Waals surface area (Å²) in [4.78, 5) is 0. The van der Waals surface area contributed by atoms with Crippen molar-refractivity contribution in [2.45, 2.75) is 39.2 Å². The standard InChI is InChI=1S/C8H18N/c1-4-6-7-9-8(3)5-2/h8-9H,1,4-7H2,2-3H3. The molecular weight excluding hydrogens is 110 g/mol. The number of nitrogens with one attached hydrogen (secondary N) is 1. The van der Waals surface area contributed by atoms with E-state index < -0.39 is 0 Å². The number of unbranched alkanes of at least 4 members (excludes halogenated alkanes) is 1. The van der Waals surface area contributed by atoms with E-state index in [9.17, 15) is 0 Å². The van der Waals surface area contributed by atoms with E-state index in [0.29, 0.717) is 6.04 Å². The molecule has 1 atom stereocenters. The maximum absolute atomic E-state index is 3.77. The summed E-state index contributed by atoms with van der Waals surface area (Å²) >= 11 is 0. The lowest BCUT2D eigenvalue weighted by atomic mass is 10.2. The van der Waals surface area contributed by atoms with Crippen molar-refractivity contribution in [2.75, 3.05) is 6.54 Å². The van der Waals surface area contributed by atoms with Gasteiger partial charge in [-0.1, -0.05) is 20.3 Å². The largest absolute Gasteiger partial charge is 0.314 e. The van der Waals surface area contributed by atoms with Gasteiger partial charge in [0.25, 0.3) is 0 Å². The Morgan fingerprint density at radius 2 is 2.22 bits per heavy atom. The lowest BCUT2D eigenvalue weighted by Crippen LogP contribution is -2.25. The molecule has 0 aromatic rings.